The summed E-state index contributed by atoms with van der Waals surface area (Å²) in [6.45, 7) is 1.58. The lowest BCUT2D eigenvalue weighted by atomic mass is 9.95. The van der Waals surface area contributed by atoms with E-state index in [9.17, 15) is 9.59 Å². The highest BCUT2D eigenvalue weighted by Crippen LogP contribution is 2.38. The average molecular weight is 359 g/mol. The van der Waals surface area contributed by atoms with Crippen LogP contribution < -0.4 is 10.1 Å². The Morgan fingerprint density at radius 3 is 2.72 bits per heavy atom. The molecule has 1 aliphatic rings. The molecule has 1 heterocycles. The van der Waals surface area contributed by atoms with Crippen molar-refractivity contribution in [1.82, 2.24) is 0 Å². The van der Waals surface area contributed by atoms with Crippen LogP contribution >= 0.6 is 11.3 Å². The number of benzene rings is 1. The van der Waals surface area contributed by atoms with E-state index in [0.29, 0.717) is 16.3 Å². The number of carbonyl (C=O) groups is 2. The van der Waals surface area contributed by atoms with Crippen molar-refractivity contribution >= 4 is 28.2 Å². The minimum Gasteiger partial charge on any atom is -0.496 e. The number of carbonyl (C=O) groups excluding carboxylic acids is 2. The summed E-state index contributed by atoms with van der Waals surface area (Å²) in [5.41, 5.74) is 2.36. The molecule has 0 saturated heterocycles. The third kappa shape index (κ3) is 3.85. The molecule has 6 heteroatoms. The number of esters is 1. The highest BCUT2D eigenvalue weighted by Gasteiger charge is 2.27. The first-order chi connectivity index (χ1) is 12.1. The fourth-order valence-electron chi connectivity index (χ4n) is 3.07. The van der Waals surface area contributed by atoms with Gasteiger partial charge in [0.15, 0.2) is 0 Å². The molecule has 1 amide bonds. The van der Waals surface area contributed by atoms with E-state index >= 15 is 0 Å². The van der Waals surface area contributed by atoms with Gasteiger partial charge < -0.3 is 14.8 Å². The number of hydrogen-bond donors (Lipinski definition) is 1. The van der Waals surface area contributed by atoms with Crippen LogP contribution in [0.5, 0.6) is 5.75 Å². The van der Waals surface area contributed by atoms with E-state index in [1.165, 1.54) is 23.1 Å². The minimum atomic E-state index is -0.394. The zero-order chi connectivity index (χ0) is 17.8. The number of fused-ring (bicyclic) bond motifs is 1. The van der Waals surface area contributed by atoms with Gasteiger partial charge in [-0.2, -0.15) is 0 Å². The second kappa shape index (κ2) is 7.70. The van der Waals surface area contributed by atoms with Crippen molar-refractivity contribution in [2.75, 3.05) is 12.4 Å². The van der Waals surface area contributed by atoms with Gasteiger partial charge in [0, 0.05) is 17.4 Å². The van der Waals surface area contributed by atoms with Crippen LogP contribution in [0.2, 0.25) is 0 Å². The number of para-hydroxylation sites is 1. The molecule has 1 N–H and O–H groups in total. The summed E-state index contributed by atoms with van der Waals surface area (Å²) in [5.74, 6) is 0.108. The predicted octanol–water partition coefficient (Wildman–Crippen LogP) is 3.95. The molecule has 0 bridgehead atoms. The van der Waals surface area contributed by atoms with Gasteiger partial charge in [-0.05, 0) is 37.3 Å². The van der Waals surface area contributed by atoms with Gasteiger partial charge in [0.25, 0.3) is 0 Å². The highest BCUT2D eigenvalue weighted by atomic mass is 32.1. The van der Waals surface area contributed by atoms with Gasteiger partial charge in [0.2, 0.25) is 5.91 Å². The van der Waals surface area contributed by atoms with Crippen molar-refractivity contribution in [3.05, 3.63) is 45.8 Å². The number of thiophene rings is 1. The molecule has 0 unspecified atom stereocenters. The number of ether oxygens (including phenoxy) is 2. The second-order valence-electron chi connectivity index (χ2n) is 5.98. The van der Waals surface area contributed by atoms with E-state index in [-0.39, 0.29) is 12.5 Å². The Hall–Kier alpha value is -2.34. The summed E-state index contributed by atoms with van der Waals surface area (Å²) in [6.07, 6.45) is 3.97. The molecule has 0 saturated carbocycles. The Balaban J connectivity index is 1.83. The Bertz CT molecular complexity index is 797. The van der Waals surface area contributed by atoms with Crippen LogP contribution in [0.15, 0.2) is 24.3 Å². The monoisotopic (exact) mass is 359 g/mol. The first-order valence-corrected chi connectivity index (χ1v) is 9.13. The number of nitrogens with one attached hydrogen (secondary N) is 1. The summed E-state index contributed by atoms with van der Waals surface area (Å²) in [4.78, 5) is 25.4. The zero-order valence-electron chi connectivity index (χ0n) is 14.4. The molecule has 0 atom stereocenters. The lowest BCUT2D eigenvalue weighted by Crippen LogP contribution is -2.13. The van der Waals surface area contributed by atoms with Gasteiger partial charge in [-0.15, -0.1) is 11.3 Å². The standard InChI is InChI=1S/C19H21NO4S/c1-12(21)20-18-17(14-8-4-6-10-16(14)25-18)19(22)24-11-13-7-3-5-9-15(13)23-2/h3,5,7,9H,4,6,8,10-11H2,1-2H3,(H,20,21). The molecule has 2 aromatic rings. The first kappa shape index (κ1) is 17.5. The summed E-state index contributed by atoms with van der Waals surface area (Å²) in [7, 11) is 1.59. The highest BCUT2D eigenvalue weighted by molar-refractivity contribution is 7.17. The third-order valence-corrected chi connectivity index (χ3v) is 5.42. The molecule has 0 fully saturated rings. The van der Waals surface area contributed by atoms with Crippen LogP contribution in [0.1, 0.15) is 46.1 Å². The molecule has 1 aromatic carbocycles. The predicted molar refractivity (Wildman–Crippen MR) is 97.4 cm³/mol. The normalized spacial score (nSPS) is 13.0. The van der Waals surface area contributed by atoms with Gasteiger partial charge in [-0.3, -0.25) is 4.79 Å². The maximum Gasteiger partial charge on any atom is 0.341 e. The van der Waals surface area contributed by atoms with Crippen molar-refractivity contribution in [3.63, 3.8) is 0 Å². The molecule has 25 heavy (non-hydrogen) atoms. The van der Waals surface area contributed by atoms with Crippen molar-refractivity contribution in [1.29, 1.82) is 0 Å². The van der Waals surface area contributed by atoms with Gasteiger partial charge in [-0.1, -0.05) is 18.2 Å². The molecule has 1 aliphatic carbocycles. The summed E-state index contributed by atoms with van der Waals surface area (Å²) < 4.78 is 10.8. The summed E-state index contributed by atoms with van der Waals surface area (Å²) in [6, 6.07) is 7.44. The van der Waals surface area contributed by atoms with Gasteiger partial charge in [-0.25, -0.2) is 4.79 Å². The van der Waals surface area contributed by atoms with Crippen LogP contribution in [-0.4, -0.2) is 19.0 Å². The maximum absolute atomic E-state index is 12.7. The molecular weight excluding hydrogens is 338 g/mol. The van der Waals surface area contributed by atoms with Gasteiger partial charge in [0.05, 0.1) is 12.7 Å². The second-order valence-corrected chi connectivity index (χ2v) is 7.09. The van der Waals surface area contributed by atoms with Crippen LogP contribution in [0.3, 0.4) is 0 Å². The fourth-order valence-corrected chi connectivity index (χ4v) is 4.39. The SMILES string of the molecule is COc1ccccc1COC(=O)c1c(NC(C)=O)sc2c1CCCC2. The number of methoxy groups -OCH3 is 1. The quantitative estimate of drug-likeness (QED) is 0.821. The van der Waals surface area contributed by atoms with Crippen LogP contribution in [0.4, 0.5) is 5.00 Å². The Labute approximate surface area is 151 Å². The molecule has 3 rings (SSSR count). The number of rotatable bonds is 5. The summed E-state index contributed by atoms with van der Waals surface area (Å²) >= 11 is 1.49. The third-order valence-electron chi connectivity index (χ3n) is 4.22. The van der Waals surface area contributed by atoms with Crippen molar-refractivity contribution in [3.8, 4) is 5.75 Å². The fraction of sp³-hybridized carbons (Fsp3) is 0.368. The Morgan fingerprint density at radius 1 is 1.20 bits per heavy atom. The summed E-state index contributed by atoms with van der Waals surface area (Å²) in [5, 5.41) is 3.39. The number of amides is 1. The first-order valence-electron chi connectivity index (χ1n) is 8.31. The van der Waals surface area contributed by atoms with E-state index < -0.39 is 5.97 Å². The number of aryl methyl sites for hydroxylation is 1. The lowest BCUT2D eigenvalue weighted by Gasteiger charge is -2.13. The minimum absolute atomic E-state index is 0.132. The van der Waals surface area contributed by atoms with E-state index in [2.05, 4.69) is 5.32 Å². The largest absolute Gasteiger partial charge is 0.496 e. The zero-order valence-corrected chi connectivity index (χ0v) is 15.2. The van der Waals surface area contributed by atoms with E-state index in [4.69, 9.17) is 9.47 Å². The molecule has 0 aliphatic heterocycles. The van der Waals surface area contributed by atoms with E-state index in [0.717, 1.165) is 36.8 Å². The van der Waals surface area contributed by atoms with E-state index in [1.54, 1.807) is 7.11 Å². The van der Waals surface area contributed by atoms with Crippen molar-refractivity contribution in [2.45, 2.75) is 39.2 Å². The van der Waals surface area contributed by atoms with Crippen LogP contribution in [0.25, 0.3) is 0 Å². The number of hydrogen-bond acceptors (Lipinski definition) is 5. The molecular formula is C19H21NO4S. The smallest absolute Gasteiger partial charge is 0.341 e. The Kier molecular flexibility index (Phi) is 5.38. The lowest BCUT2D eigenvalue weighted by molar-refractivity contribution is -0.114. The van der Waals surface area contributed by atoms with E-state index in [1.807, 2.05) is 24.3 Å². The maximum atomic E-state index is 12.7. The van der Waals surface area contributed by atoms with Gasteiger partial charge >= 0.3 is 5.97 Å². The molecule has 132 valence electrons. The van der Waals surface area contributed by atoms with Crippen molar-refractivity contribution < 1.29 is 19.1 Å². The van der Waals surface area contributed by atoms with Gasteiger partial charge in [0.1, 0.15) is 17.4 Å². The van der Waals surface area contributed by atoms with Crippen LogP contribution in [0, 0.1) is 0 Å². The van der Waals surface area contributed by atoms with Crippen LogP contribution in [-0.2, 0) is 29.0 Å². The number of anilines is 1. The molecule has 0 spiro atoms. The van der Waals surface area contributed by atoms with Crippen molar-refractivity contribution in [2.24, 2.45) is 0 Å². The molecule has 1 aromatic heterocycles. The molecule has 5 nitrogen and oxygen atoms in total. The topological polar surface area (TPSA) is 64.6 Å². The average Bonchev–Trinajstić information content (AvgIpc) is 2.97. The Morgan fingerprint density at radius 2 is 1.96 bits per heavy atom. The molecule has 0 radical (unpaired) electrons.